The van der Waals surface area contributed by atoms with E-state index < -0.39 is 0 Å². The van der Waals surface area contributed by atoms with Crippen LogP contribution in [0.3, 0.4) is 0 Å². The second-order valence-electron chi connectivity index (χ2n) is 4.04. The van der Waals surface area contributed by atoms with Crippen molar-refractivity contribution in [2.75, 3.05) is 5.32 Å². The van der Waals surface area contributed by atoms with E-state index in [1.807, 2.05) is 18.2 Å². The molecule has 5 heteroatoms. The molecule has 1 aromatic carbocycles. The predicted octanol–water partition coefficient (Wildman–Crippen LogP) is 4.93. The average molecular weight is 295 g/mol. The number of rotatable bonds is 3. The molecule has 0 amide bonds. The Kier molecular flexibility index (Phi) is 3.24. The van der Waals surface area contributed by atoms with Crippen molar-refractivity contribution in [2.24, 2.45) is 0 Å². The first-order valence-corrected chi connectivity index (χ1v) is 7.68. The molecule has 2 nitrogen and oxygen atoms in total. The van der Waals surface area contributed by atoms with E-state index in [9.17, 15) is 0 Å². The summed E-state index contributed by atoms with van der Waals surface area (Å²) in [7, 11) is 0. The van der Waals surface area contributed by atoms with Gasteiger partial charge < -0.3 is 5.32 Å². The maximum absolute atomic E-state index is 6.14. The van der Waals surface area contributed by atoms with Crippen LogP contribution in [0.25, 0.3) is 10.2 Å². The van der Waals surface area contributed by atoms with Crippen molar-refractivity contribution in [3.05, 3.63) is 45.1 Å². The Morgan fingerprint density at radius 1 is 1.33 bits per heavy atom. The number of anilines is 1. The summed E-state index contributed by atoms with van der Waals surface area (Å²) in [5.41, 5.74) is 3.61. The lowest BCUT2D eigenvalue weighted by molar-refractivity contribution is 1.13. The van der Waals surface area contributed by atoms with E-state index in [1.54, 1.807) is 22.7 Å². The third-order valence-corrected chi connectivity index (χ3v) is 5.16. The number of hydrogen-bond donors (Lipinski definition) is 1. The molecule has 0 spiro atoms. The lowest BCUT2D eigenvalue weighted by Gasteiger charge is -2.01. The number of thiophene rings is 1. The molecule has 2 aromatic heterocycles. The molecule has 0 saturated heterocycles. The monoisotopic (exact) mass is 294 g/mol. The second kappa shape index (κ2) is 4.88. The number of nitrogens with zero attached hydrogens (tertiary/aromatic N) is 1. The predicted molar refractivity (Wildman–Crippen MR) is 81.0 cm³/mol. The van der Waals surface area contributed by atoms with Crippen LogP contribution in [0.4, 0.5) is 5.13 Å². The number of nitrogens with one attached hydrogen (secondary N) is 1. The minimum Gasteiger partial charge on any atom is -0.357 e. The SMILES string of the molecule is Cc1cscc1CNc1nc2cccc(Cl)c2s1. The summed E-state index contributed by atoms with van der Waals surface area (Å²) in [5, 5.41) is 9.38. The fourth-order valence-corrected chi connectivity index (χ4v) is 3.74. The number of halogens is 1. The molecule has 92 valence electrons. The maximum atomic E-state index is 6.14. The first-order chi connectivity index (χ1) is 8.74. The number of thiazole rings is 1. The summed E-state index contributed by atoms with van der Waals surface area (Å²) in [6.07, 6.45) is 0. The van der Waals surface area contributed by atoms with E-state index in [0.717, 1.165) is 26.9 Å². The quantitative estimate of drug-likeness (QED) is 0.741. The Morgan fingerprint density at radius 2 is 2.22 bits per heavy atom. The van der Waals surface area contributed by atoms with Crippen LogP contribution >= 0.6 is 34.3 Å². The summed E-state index contributed by atoms with van der Waals surface area (Å²) in [4.78, 5) is 4.53. The average Bonchev–Trinajstić information content (AvgIpc) is 2.93. The molecule has 0 aliphatic carbocycles. The molecule has 0 radical (unpaired) electrons. The zero-order valence-corrected chi connectivity index (χ0v) is 12.1. The Bertz CT molecular complexity index is 687. The van der Waals surface area contributed by atoms with Crippen molar-refractivity contribution in [1.82, 2.24) is 4.98 Å². The number of aryl methyl sites for hydroxylation is 1. The highest BCUT2D eigenvalue weighted by atomic mass is 35.5. The van der Waals surface area contributed by atoms with Gasteiger partial charge in [-0.25, -0.2) is 4.98 Å². The number of benzene rings is 1. The lowest BCUT2D eigenvalue weighted by Crippen LogP contribution is -1.98. The van der Waals surface area contributed by atoms with Gasteiger partial charge in [0, 0.05) is 6.54 Å². The van der Waals surface area contributed by atoms with Gasteiger partial charge in [-0.15, -0.1) is 0 Å². The molecule has 1 N–H and O–H groups in total. The molecule has 0 bridgehead atoms. The van der Waals surface area contributed by atoms with E-state index >= 15 is 0 Å². The molecule has 3 rings (SSSR count). The van der Waals surface area contributed by atoms with E-state index in [1.165, 1.54) is 11.1 Å². The summed E-state index contributed by atoms with van der Waals surface area (Å²) in [5.74, 6) is 0. The highest BCUT2D eigenvalue weighted by molar-refractivity contribution is 7.22. The minimum atomic E-state index is 0.768. The van der Waals surface area contributed by atoms with Crippen LogP contribution in [0.5, 0.6) is 0 Å². The van der Waals surface area contributed by atoms with Crippen molar-refractivity contribution < 1.29 is 0 Å². The van der Waals surface area contributed by atoms with Gasteiger partial charge >= 0.3 is 0 Å². The third kappa shape index (κ3) is 2.23. The van der Waals surface area contributed by atoms with Crippen molar-refractivity contribution >= 4 is 49.6 Å². The summed E-state index contributed by atoms with van der Waals surface area (Å²) >= 11 is 9.47. The zero-order valence-electron chi connectivity index (χ0n) is 9.74. The van der Waals surface area contributed by atoms with Crippen LogP contribution in [-0.4, -0.2) is 4.98 Å². The van der Waals surface area contributed by atoms with Crippen LogP contribution in [0.2, 0.25) is 5.02 Å². The van der Waals surface area contributed by atoms with E-state index in [4.69, 9.17) is 11.6 Å². The highest BCUT2D eigenvalue weighted by Gasteiger charge is 2.07. The molecule has 0 aliphatic rings. The van der Waals surface area contributed by atoms with Crippen LogP contribution < -0.4 is 5.32 Å². The number of hydrogen-bond acceptors (Lipinski definition) is 4. The molecule has 2 heterocycles. The van der Waals surface area contributed by atoms with Gasteiger partial charge in [0.1, 0.15) is 0 Å². The molecule has 0 fully saturated rings. The van der Waals surface area contributed by atoms with Crippen molar-refractivity contribution in [2.45, 2.75) is 13.5 Å². The van der Waals surface area contributed by atoms with Gasteiger partial charge in [-0.2, -0.15) is 11.3 Å². The third-order valence-electron chi connectivity index (χ3n) is 2.76. The second-order valence-corrected chi connectivity index (χ2v) is 6.19. The van der Waals surface area contributed by atoms with Crippen molar-refractivity contribution in [1.29, 1.82) is 0 Å². The van der Waals surface area contributed by atoms with Gasteiger partial charge in [-0.1, -0.05) is 29.0 Å². The van der Waals surface area contributed by atoms with E-state index in [2.05, 4.69) is 28.0 Å². The molecule has 3 aromatic rings. The molecular weight excluding hydrogens is 284 g/mol. The molecule has 18 heavy (non-hydrogen) atoms. The van der Waals surface area contributed by atoms with Gasteiger partial charge in [0.25, 0.3) is 0 Å². The van der Waals surface area contributed by atoms with Crippen LogP contribution in [0.15, 0.2) is 29.0 Å². The Labute approximate surface area is 118 Å². The topological polar surface area (TPSA) is 24.9 Å². The van der Waals surface area contributed by atoms with Gasteiger partial charge in [0.15, 0.2) is 5.13 Å². The van der Waals surface area contributed by atoms with E-state index in [-0.39, 0.29) is 0 Å². The van der Waals surface area contributed by atoms with Gasteiger partial charge in [-0.05, 0) is 40.9 Å². The van der Waals surface area contributed by atoms with Crippen molar-refractivity contribution in [3.8, 4) is 0 Å². The molecule has 0 aliphatic heterocycles. The van der Waals surface area contributed by atoms with Gasteiger partial charge in [0.05, 0.1) is 15.2 Å². The summed E-state index contributed by atoms with van der Waals surface area (Å²) in [6.45, 7) is 2.94. The van der Waals surface area contributed by atoms with E-state index in [0.29, 0.717) is 0 Å². The fourth-order valence-electron chi connectivity index (χ4n) is 1.73. The smallest absolute Gasteiger partial charge is 0.184 e. The zero-order chi connectivity index (χ0) is 12.5. The first kappa shape index (κ1) is 12.0. The largest absolute Gasteiger partial charge is 0.357 e. The van der Waals surface area contributed by atoms with Crippen LogP contribution in [-0.2, 0) is 6.54 Å². The normalized spacial score (nSPS) is 11.0. The Morgan fingerprint density at radius 3 is 2.94 bits per heavy atom. The summed E-state index contributed by atoms with van der Waals surface area (Å²) < 4.78 is 1.05. The Hall–Kier alpha value is -1.10. The van der Waals surface area contributed by atoms with Gasteiger partial charge in [-0.3, -0.25) is 0 Å². The number of fused-ring (bicyclic) bond motifs is 1. The minimum absolute atomic E-state index is 0.768. The number of aromatic nitrogens is 1. The first-order valence-electron chi connectivity index (χ1n) is 5.54. The summed E-state index contributed by atoms with van der Waals surface area (Å²) in [6, 6.07) is 5.81. The van der Waals surface area contributed by atoms with Crippen molar-refractivity contribution in [3.63, 3.8) is 0 Å². The highest BCUT2D eigenvalue weighted by Crippen LogP contribution is 2.32. The maximum Gasteiger partial charge on any atom is 0.184 e. The molecule has 0 unspecified atom stereocenters. The lowest BCUT2D eigenvalue weighted by atomic mass is 10.2. The molecule has 0 atom stereocenters. The van der Waals surface area contributed by atoms with Gasteiger partial charge in [0.2, 0.25) is 0 Å². The van der Waals surface area contributed by atoms with Crippen LogP contribution in [0, 0.1) is 6.92 Å². The molecule has 0 saturated carbocycles. The standard InChI is InChI=1S/C13H11ClN2S2/c1-8-6-17-7-9(8)5-15-13-16-11-4-2-3-10(14)12(11)18-13/h2-4,6-7H,5H2,1H3,(H,15,16). The van der Waals surface area contributed by atoms with Crippen LogP contribution in [0.1, 0.15) is 11.1 Å². The molecular formula is C13H11ClN2S2. The fraction of sp³-hybridized carbons (Fsp3) is 0.154. The Balaban J connectivity index is 1.83.